The summed E-state index contributed by atoms with van der Waals surface area (Å²) in [7, 11) is 0. The lowest BCUT2D eigenvalue weighted by Crippen LogP contribution is -1.96. The molecule has 0 saturated heterocycles. The van der Waals surface area contributed by atoms with E-state index in [1.54, 1.807) is 12.4 Å². The molecule has 1 heterocycles. The highest BCUT2D eigenvalue weighted by atomic mass is 15.3. The van der Waals surface area contributed by atoms with E-state index in [2.05, 4.69) is 38.9 Å². The van der Waals surface area contributed by atoms with E-state index in [9.17, 15) is 0 Å². The van der Waals surface area contributed by atoms with Gasteiger partial charge in [0.15, 0.2) is 5.82 Å². The van der Waals surface area contributed by atoms with Crippen molar-refractivity contribution >= 4 is 28.9 Å². The molecule has 2 aromatic carbocycles. The highest BCUT2D eigenvalue weighted by molar-refractivity contribution is 5.91. The van der Waals surface area contributed by atoms with E-state index in [4.69, 9.17) is 0 Å². The summed E-state index contributed by atoms with van der Waals surface area (Å²) in [5, 5.41) is 14.3. The molecule has 0 fully saturated rings. The van der Waals surface area contributed by atoms with Gasteiger partial charge in [-0.05, 0) is 18.1 Å². The number of nitrogens with one attached hydrogen (secondary N) is 1. The van der Waals surface area contributed by atoms with E-state index < -0.39 is 0 Å². The summed E-state index contributed by atoms with van der Waals surface area (Å²) in [6.07, 6.45) is 5.58. The number of hydrogen-bond donors (Lipinski definition) is 1. The van der Waals surface area contributed by atoms with Gasteiger partial charge in [-0.25, -0.2) is 0 Å². The van der Waals surface area contributed by atoms with Crippen LogP contribution in [-0.4, -0.2) is 16.4 Å². The molecule has 108 valence electrons. The van der Waals surface area contributed by atoms with Crippen LogP contribution in [0.5, 0.6) is 0 Å². The summed E-state index contributed by atoms with van der Waals surface area (Å²) in [6, 6.07) is 18.1. The third-order valence-corrected chi connectivity index (χ3v) is 3.20. The third-order valence-electron chi connectivity index (χ3n) is 3.20. The van der Waals surface area contributed by atoms with Gasteiger partial charge in [0.25, 0.3) is 0 Å². The summed E-state index contributed by atoms with van der Waals surface area (Å²) in [6.45, 7) is 2.01. The van der Waals surface area contributed by atoms with E-state index in [0.717, 1.165) is 21.9 Å². The molecular weight excluding hydrogens is 272 g/mol. The zero-order chi connectivity index (χ0) is 15.2. The van der Waals surface area contributed by atoms with Gasteiger partial charge in [0.05, 0.1) is 12.4 Å². The van der Waals surface area contributed by atoms with Crippen molar-refractivity contribution in [2.75, 3.05) is 5.43 Å². The maximum absolute atomic E-state index is 4.24. The Bertz CT molecular complexity index is 817. The molecule has 0 saturated carbocycles. The Morgan fingerprint density at radius 2 is 1.82 bits per heavy atom. The van der Waals surface area contributed by atoms with Crippen LogP contribution >= 0.6 is 0 Å². The summed E-state index contributed by atoms with van der Waals surface area (Å²) >= 11 is 0. The van der Waals surface area contributed by atoms with E-state index >= 15 is 0 Å². The minimum atomic E-state index is 0.655. The smallest absolute Gasteiger partial charge is 0.176 e. The van der Waals surface area contributed by atoms with Crippen molar-refractivity contribution < 1.29 is 0 Å². The Morgan fingerprint density at radius 3 is 2.68 bits per heavy atom. The lowest BCUT2D eigenvalue weighted by atomic mass is 10.1. The van der Waals surface area contributed by atoms with Crippen LogP contribution < -0.4 is 5.43 Å². The van der Waals surface area contributed by atoms with Crippen molar-refractivity contribution in [3.8, 4) is 0 Å². The summed E-state index contributed by atoms with van der Waals surface area (Å²) < 4.78 is 0. The molecule has 0 aliphatic heterocycles. The number of fused-ring (bicyclic) bond motifs is 1. The molecule has 0 atom stereocenters. The van der Waals surface area contributed by atoms with Crippen LogP contribution in [-0.2, 0) is 0 Å². The fraction of sp³-hybridized carbons (Fsp3) is 0.0556. The molecule has 0 unspecified atom stereocenters. The van der Waals surface area contributed by atoms with Gasteiger partial charge in [0.1, 0.15) is 0 Å². The number of aromatic nitrogens is 2. The van der Waals surface area contributed by atoms with Crippen molar-refractivity contribution in [1.82, 2.24) is 10.2 Å². The highest BCUT2D eigenvalue weighted by Crippen LogP contribution is 2.18. The van der Waals surface area contributed by atoms with Crippen LogP contribution in [0.2, 0.25) is 0 Å². The van der Waals surface area contributed by atoms with E-state index in [-0.39, 0.29) is 0 Å². The summed E-state index contributed by atoms with van der Waals surface area (Å²) in [4.78, 5) is 0. The Hall–Kier alpha value is -3.01. The Kier molecular flexibility index (Phi) is 4.20. The van der Waals surface area contributed by atoms with E-state index in [1.807, 2.05) is 49.4 Å². The van der Waals surface area contributed by atoms with Gasteiger partial charge in [0.2, 0.25) is 0 Å². The average Bonchev–Trinajstić information content (AvgIpc) is 2.56. The second-order valence-electron chi connectivity index (χ2n) is 4.95. The van der Waals surface area contributed by atoms with E-state index in [1.165, 1.54) is 0 Å². The monoisotopic (exact) mass is 288 g/mol. The lowest BCUT2D eigenvalue weighted by Gasteiger charge is -2.02. The molecule has 0 radical (unpaired) electrons. The second kappa shape index (κ2) is 6.63. The van der Waals surface area contributed by atoms with Gasteiger partial charge in [-0.15, -0.1) is 5.10 Å². The van der Waals surface area contributed by atoms with Gasteiger partial charge in [0, 0.05) is 10.8 Å². The summed E-state index contributed by atoms with van der Waals surface area (Å²) in [5.41, 5.74) is 5.16. The average molecular weight is 288 g/mol. The van der Waals surface area contributed by atoms with Crippen LogP contribution in [0.4, 0.5) is 5.82 Å². The molecule has 22 heavy (non-hydrogen) atoms. The van der Waals surface area contributed by atoms with E-state index in [0.29, 0.717) is 5.82 Å². The molecule has 0 spiro atoms. The lowest BCUT2D eigenvalue weighted by molar-refractivity contribution is 1.04. The number of nitrogens with zero attached hydrogens (tertiary/aromatic N) is 3. The Labute approximate surface area is 129 Å². The van der Waals surface area contributed by atoms with Crippen LogP contribution in [0.3, 0.4) is 0 Å². The van der Waals surface area contributed by atoms with Gasteiger partial charge >= 0.3 is 0 Å². The predicted molar refractivity (Wildman–Crippen MR) is 91.7 cm³/mol. The molecule has 1 aromatic heterocycles. The number of rotatable bonds is 4. The number of anilines is 1. The molecule has 0 aliphatic carbocycles. The first-order chi connectivity index (χ1) is 10.8. The molecule has 1 N–H and O–H groups in total. The molecular formula is C18H16N4. The van der Waals surface area contributed by atoms with Crippen molar-refractivity contribution in [3.63, 3.8) is 0 Å². The molecule has 4 nitrogen and oxygen atoms in total. The topological polar surface area (TPSA) is 50.2 Å². The first-order valence-corrected chi connectivity index (χ1v) is 7.06. The predicted octanol–water partition coefficient (Wildman–Crippen LogP) is 4.13. The van der Waals surface area contributed by atoms with Gasteiger partial charge in [-0.3, -0.25) is 5.43 Å². The maximum atomic E-state index is 4.24. The standard InChI is InChI=1S/C18H16N4/c1-14(11-15-7-3-2-4-8-15)12-19-21-18-17-10-6-5-9-16(17)13-20-22-18/h2-13H,1H3,(H,21,22)/b14-11+,19-12-. The van der Waals surface area contributed by atoms with Gasteiger partial charge in [-0.1, -0.05) is 60.7 Å². The first-order valence-electron chi connectivity index (χ1n) is 7.06. The largest absolute Gasteiger partial charge is 0.259 e. The van der Waals surface area contributed by atoms with Crippen LogP contribution in [0.15, 0.2) is 71.5 Å². The molecule has 3 rings (SSSR count). The molecule has 0 amide bonds. The van der Waals surface area contributed by atoms with Crippen molar-refractivity contribution in [3.05, 3.63) is 71.9 Å². The SMILES string of the molecule is CC(/C=N\Nc1nncc2ccccc12)=C\c1ccccc1. The minimum absolute atomic E-state index is 0.655. The van der Waals surface area contributed by atoms with Crippen molar-refractivity contribution in [1.29, 1.82) is 0 Å². The normalized spacial score (nSPS) is 12.0. The zero-order valence-corrected chi connectivity index (χ0v) is 12.3. The van der Waals surface area contributed by atoms with Crippen molar-refractivity contribution in [2.24, 2.45) is 5.10 Å². The molecule has 0 bridgehead atoms. The minimum Gasteiger partial charge on any atom is -0.259 e. The third kappa shape index (κ3) is 3.35. The van der Waals surface area contributed by atoms with Gasteiger partial charge < -0.3 is 0 Å². The van der Waals surface area contributed by atoms with Crippen LogP contribution in [0.1, 0.15) is 12.5 Å². The number of hydrogen-bond acceptors (Lipinski definition) is 4. The number of allylic oxidation sites excluding steroid dienone is 1. The quantitative estimate of drug-likeness (QED) is 0.580. The maximum Gasteiger partial charge on any atom is 0.176 e. The molecule has 3 aromatic rings. The summed E-state index contributed by atoms with van der Waals surface area (Å²) in [5.74, 6) is 0.655. The van der Waals surface area contributed by atoms with Crippen LogP contribution in [0.25, 0.3) is 16.8 Å². The second-order valence-corrected chi connectivity index (χ2v) is 4.95. The fourth-order valence-corrected chi connectivity index (χ4v) is 2.16. The van der Waals surface area contributed by atoms with Gasteiger partial charge in [-0.2, -0.15) is 10.2 Å². The first kappa shape index (κ1) is 13.9. The Morgan fingerprint density at radius 1 is 1.05 bits per heavy atom. The fourth-order valence-electron chi connectivity index (χ4n) is 2.16. The zero-order valence-electron chi connectivity index (χ0n) is 12.3. The van der Waals surface area contributed by atoms with Crippen molar-refractivity contribution in [2.45, 2.75) is 6.92 Å². The Balaban J connectivity index is 1.75. The highest BCUT2D eigenvalue weighted by Gasteiger charge is 2.00. The molecule has 0 aliphatic rings. The number of benzene rings is 2. The van der Waals surface area contributed by atoms with Crippen LogP contribution in [0, 0.1) is 0 Å². The molecule has 4 heteroatoms. The number of hydrazone groups is 1.